The Morgan fingerprint density at radius 3 is 2.62 bits per heavy atom. The lowest BCUT2D eigenvalue weighted by Gasteiger charge is -2.32. The Bertz CT molecular complexity index is 588. The quantitative estimate of drug-likeness (QED) is 0.789. The van der Waals surface area contributed by atoms with Gasteiger partial charge in [0.25, 0.3) is 5.56 Å². The normalized spacial score (nSPS) is 15.8. The Morgan fingerprint density at radius 1 is 1.33 bits per heavy atom. The van der Waals surface area contributed by atoms with Gasteiger partial charge in [-0.15, -0.1) is 0 Å². The monoisotopic (exact) mass is 292 g/mol. The Labute approximate surface area is 122 Å². The minimum absolute atomic E-state index is 0.00528. The van der Waals surface area contributed by atoms with Gasteiger partial charge in [-0.05, 0) is 18.9 Å². The molecule has 0 bridgehead atoms. The third kappa shape index (κ3) is 4.08. The average Bonchev–Trinajstić information content (AvgIpc) is 2.43. The van der Waals surface area contributed by atoms with Crippen molar-refractivity contribution in [3.63, 3.8) is 0 Å². The molecular weight excluding hydrogens is 272 g/mol. The molecule has 21 heavy (non-hydrogen) atoms. The van der Waals surface area contributed by atoms with E-state index in [1.165, 1.54) is 29.8 Å². The minimum atomic E-state index is -0.245. The number of pyridine rings is 1. The smallest absolute Gasteiger partial charge is 0.251 e. The van der Waals surface area contributed by atoms with Gasteiger partial charge in [0.1, 0.15) is 6.54 Å². The van der Waals surface area contributed by atoms with Crippen LogP contribution in [-0.2, 0) is 16.1 Å². The zero-order valence-electron chi connectivity index (χ0n) is 12.0. The summed E-state index contributed by atoms with van der Waals surface area (Å²) in [4.78, 5) is 36.6. The van der Waals surface area contributed by atoms with Gasteiger partial charge in [0, 0.05) is 44.0 Å². The Kier molecular flexibility index (Phi) is 4.62. The van der Waals surface area contributed by atoms with Gasteiger partial charge >= 0.3 is 0 Å². The molecule has 0 saturated carbocycles. The third-order valence-corrected chi connectivity index (χ3v) is 3.57. The molecule has 1 aliphatic rings. The molecule has 7 heteroatoms. The van der Waals surface area contributed by atoms with Crippen molar-refractivity contribution in [3.05, 3.63) is 28.7 Å². The molecular formula is C14H20N4O3. The Morgan fingerprint density at radius 2 is 2.00 bits per heavy atom. The van der Waals surface area contributed by atoms with Crippen LogP contribution >= 0.6 is 0 Å². The maximum atomic E-state index is 12.2. The fraction of sp³-hybridized carbons (Fsp3) is 0.500. The number of nitrogens with zero attached hydrogens (tertiary/aromatic N) is 2. The molecule has 0 aromatic carbocycles. The number of piperidine rings is 1. The van der Waals surface area contributed by atoms with Crippen LogP contribution in [0.2, 0.25) is 0 Å². The second-order valence-corrected chi connectivity index (χ2v) is 5.28. The zero-order valence-corrected chi connectivity index (χ0v) is 12.0. The van der Waals surface area contributed by atoms with E-state index in [1.807, 2.05) is 0 Å². The number of anilines is 1. The second kappa shape index (κ2) is 6.43. The number of carbonyl (C=O) groups excluding carboxylic acids is 2. The highest BCUT2D eigenvalue weighted by Gasteiger charge is 2.23. The van der Waals surface area contributed by atoms with Gasteiger partial charge in [-0.1, -0.05) is 0 Å². The maximum Gasteiger partial charge on any atom is 0.251 e. The first-order valence-electron chi connectivity index (χ1n) is 6.96. The SMILES string of the molecule is CC(=O)NC1CCN(C(=O)Cn2cc(N)ccc2=O)CC1. The van der Waals surface area contributed by atoms with Crippen molar-refractivity contribution >= 4 is 17.5 Å². The van der Waals surface area contributed by atoms with Crippen LogP contribution in [0.1, 0.15) is 19.8 Å². The first-order valence-corrected chi connectivity index (χ1v) is 6.96. The summed E-state index contributed by atoms with van der Waals surface area (Å²) in [5, 5.41) is 2.86. The maximum absolute atomic E-state index is 12.2. The fourth-order valence-corrected chi connectivity index (χ4v) is 2.48. The summed E-state index contributed by atoms with van der Waals surface area (Å²) in [6, 6.07) is 3.00. The average molecular weight is 292 g/mol. The number of hydrogen-bond donors (Lipinski definition) is 2. The van der Waals surface area contributed by atoms with Crippen LogP contribution in [0.4, 0.5) is 5.69 Å². The summed E-state index contributed by atoms with van der Waals surface area (Å²) in [5.41, 5.74) is 5.83. The molecule has 3 N–H and O–H groups in total. The highest BCUT2D eigenvalue weighted by atomic mass is 16.2. The Balaban J connectivity index is 1.92. The lowest BCUT2D eigenvalue weighted by atomic mass is 10.0. The van der Waals surface area contributed by atoms with Crippen molar-refractivity contribution < 1.29 is 9.59 Å². The number of nitrogens with two attached hydrogens (primary N) is 1. The Hall–Kier alpha value is -2.31. The van der Waals surface area contributed by atoms with Crippen LogP contribution in [0.15, 0.2) is 23.1 Å². The van der Waals surface area contributed by atoms with E-state index in [4.69, 9.17) is 5.73 Å². The molecule has 0 radical (unpaired) electrons. The van der Waals surface area contributed by atoms with E-state index in [2.05, 4.69) is 5.32 Å². The van der Waals surface area contributed by atoms with Crippen LogP contribution in [-0.4, -0.2) is 40.4 Å². The number of nitrogen functional groups attached to an aromatic ring is 1. The summed E-state index contributed by atoms with van der Waals surface area (Å²) >= 11 is 0. The van der Waals surface area contributed by atoms with Crippen molar-refractivity contribution in [2.75, 3.05) is 18.8 Å². The summed E-state index contributed by atoms with van der Waals surface area (Å²) in [6.07, 6.45) is 2.94. The molecule has 1 aromatic heterocycles. The molecule has 2 rings (SSSR count). The largest absolute Gasteiger partial charge is 0.398 e. The molecule has 0 unspecified atom stereocenters. The molecule has 1 saturated heterocycles. The van der Waals surface area contributed by atoms with Crippen molar-refractivity contribution in [2.24, 2.45) is 0 Å². The van der Waals surface area contributed by atoms with Crippen LogP contribution in [0.5, 0.6) is 0 Å². The molecule has 1 fully saturated rings. The molecule has 7 nitrogen and oxygen atoms in total. The molecule has 114 valence electrons. The summed E-state index contributed by atoms with van der Waals surface area (Å²) in [7, 11) is 0. The van der Waals surface area contributed by atoms with Crippen LogP contribution in [0.3, 0.4) is 0 Å². The molecule has 0 spiro atoms. The van der Waals surface area contributed by atoms with Crippen molar-refractivity contribution in [3.8, 4) is 0 Å². The standard InChI is InChI=1S/C14H20N4O3/c1-10(19)16-12-4-6-17(7-5-12)14(21)9-18-8-11(15)2-3-13(18)20/h2-3,8,12H,4-7,9,15H2,1H3,(H,16,19). The lowest BCUT2D eigenvalue weighted by molar-refractivity contribution is -0.133. The number of likely N-dealkylation sites (tertiary alicyclic amines) is 1. The number of carbonyl (C=O) groups is 2. The molecule has 2 amide bonds. The molecule has 0 atom stereocenters. The van der Waals surface area contributed by atoms with E-state index in [9.17, 15) is 14.4 Å². The van der Waals surface area contributed by atoms with Gasteiger partial charge in [-0.3, -0.25) is 14.4 Å². The minimum Gasteiger partial charge on any atom is -0.398 e. The van der Waals surface area contributed by atoms with Crippen LogP contribution < -0.4 is 16.6 Å². The van der Waals surface area contributed by atoms with Gasteiger partial charge in [0.15, 0.2) is 0 Å². The van der Waals surface area contributed by atoms with E-state index in [1.54, 1.807) is 4.90 Å². The van der Waals surface area contributed by atoms with Crippen LogP contribution in [0.25, 0.3) is 0 Å². The van der Waals surface area contributed by atoms with Crippen LogP contribution in [0, 0.1) is 0 Å². The number of amides is 2. The van der Waals surface area contributed by atoms with Gasteiger partial charge in [0.05, 0.1) is 0 Å². The van der Waals surface area contributed by atoms with E-state index >= 15 is 0 Å². The van der Waals surface area contributed by atoms with E-state index in [0.29, 0.717) is 18.8 Å². The van der Waals surface area contributed by atoms with Crippen molar-refractivity contribution in [2.45, 2.75) is 32.4 Å². The van der Waals surface area contributed by atoms with Crippen molar-refractivity contribution in [1.29, 1.82) is 0 Å². The number of nitrogens with one attached hydrogen (secondary N) is 1. The molecule has 2 heterocycles. The van der Waals surface area contributed by atoms with Gasteiger partial charge in [-0.25, -0.2) is 0 Å². The number of rotatable bonds is 3. The highest BCUT2D eigenvalue weighted by molar-refractivity contribution is 5.76. The molecule has 0 aliphatic carbocycles. The summed E-state index contributed by atoms with van der Waals surface area (Å²) in [6.45, 7) is 2.65. The predicted octanol–water partition coefficient (Wildman–Crippen LogP) is -0.442. The second-order valence-electron chi connectivity index (χ2n) is 5.28. The zero-order chi connectivity index (χ0) is 15.4. The first kappa shape index (κ1) is 15.1. The highest BCUT2D eigenvalue weighted by Crippen LogP contribution is 2.11. The van der Waals surface area contributed by atoms with E-state index in [-0.39, 0.29) is 30.0 Å². The van der Waals surface area contributed by atoms with E-state index in [0.717, 1.165) is 12.8 Å². The number of hydrogen-bond acceptors (Lipinski definition) is 4. The topological polar surface area (TPSA) is 97.4 Å². The molecule has 1 aliphatic heterocycles. The fourth-order valence-electron chi connectivity index (χ4n) is 2.48. The predicted molar refractivity (Wildman–Crippen MR) is 78.5 cm³/mol. The summed E-state index contributed by atoms with van der Waals surface area (Å²) < 4.78 is 1.32. The van der Waals surface area contributed by atoms with Gasteiger partial charge in [-0.2, -0.15) is 0 Å². The van der Waals surface area contributed by atoms with Gasteiger partial charge < -0.3 is 20.5 Å². The van der Waals surface area contributed by atoms with E-state index < -0.39 is 0 Å². The lowest BCUT2D eigenvalue weighted by Crippen LogP contribution is -2.47. The molecule has 1 aromatic rings. The third-order valence-electron chi connectivity index (χ3n) is 3.57. The summed E-state index contributed by atoms with van der Waals surface area (Å²) in [5.74, 6) is -0.157. The first-order chi connectivity index (χ1) is 9.95. The van der Waals surface area contributed by atoms with Crippen molar-refractivity contribution in [1.82, 2.24) is 14.8 Å². The number of aromatic nitrogens is 1. The van der Waals surface area contributed by atoms with Gasteiger partial charge in [0.2, 0.25) is 11.8 Å².